The summed E-state index contributed by atoms with van der Waals surface area (Å²) in [7, 11) is 0. The van der Waals surface area contributed by atoms with Crippen molar-refractivity contribution in [2.24, 2.45) is 0 Å². The van der Waals surface area contributed by atoms with E-state index < -0.39 is 46.3 Å². The first-order valence-corrected chi connectivity index (χ1v) is 8.06. The molecule has 2 N–H and O–H groups in total. The molecule has 4 heterocycles. The number of hydrogen-bond donors (Lipinski definition) is 2. The molecule has 0 spiro atoms. The number of epoxide rings is 4. The maximum Gasteiger partial charge on any atom is 2.00 e. The van der Waals surface area contributed by atoms with Gasteiger partial charge in [0.2, 0.25) is 0 Å². The summed E-state index contributed by atoms with van der Waals surface area (Å²) in [5.74, 6) is -3.97. The monoisotopic (exact) mass is 494 g/mol. The molecule has 4 rings (SSSR count). The van der Waals surface area contributed by atoms with E-state index in [0.717, 1.165) is 0 Å². The second-order valence-electron chi connectivity index (χ2n) is 7.26. The number of ether oxygens (including phenoxy) is 4. The summed E-state index contributed by atoms with van der Waals surface area (Å²) in [6.45, 7) is 7.41. The predicted octanol–water partition coefficient (Wildman–Crippen LogP) is -3.61. The van der Waals surface area contributed by atoms with Gasteiger partial charge in [0.25, 0.3) is 0 Å². The normalized spacial score (nSPS) is 35.3. The van der Waals surface area contributed by atoms with Gasteiger partial charge in [0, 0.05) is 19.5 Å². The number of carbonyl (C=O) groups is 4. The van der Waals surface area contributed by atoms with E-state index in [1.807, 2.05) is 0 Å². The van der Waals surface area contributed by atoms with E-state index in [-0.39, 0.29) is 42.5 Å². The van der Waals surface area contributed by atoms with E-state index in [4.69, 9.17) is 10.2 Å². The zero-order valence-electron chi connectivity index (χ0n) is 17.2. The zero-order chi connectivity index (χ0) is 22.0. The van der Waals surface area contributed by atoms with Crippen molar-refractivity contribution in [2.75, 3.05) is 26.4 Å². The van der Waals surface area contributed by atoms with Crippen LogP contribution in [0.4, 0.5) is 0 Å². The zero-order valence-corrected chi connectivity index (χ0v) is 21.6. The Balaban J connectivity index is 0. The molecule has 162 valence electrons. The molecule has 0 aromatic rings. The molecule has 0 aromatic carbocycles. The Labute approximate surface area is 201 Å². The summed E-state index contributed by atoms with van der Waals surface area (Å²) in [6.07, 6.45) is 0. The Bertz CT molecular complexity index is 539. The topological polar surface area (TPSA) is 205 Å². The maximum atomic E-state index is 9.96. The molecule has 0 radical (unpaired) electrons. The molecule has 12 nitrogen and oxygen atoms in total. The van der Waals surface area contributed by atoms with Gasteiger partial charge in [-0.1, -0.05) is 0 Å². The van der Waals surface area contributed by atoms with Crippen LogP contribution < -0.4 is 10.2 Å². The van der Waals surface area contributed by atoms with Crippen molar-refractivity contribution in [1.29, 1.82) is 0 Å². The first-order chi connectivity index (χ1) is 12.6. The van der Waals surface area contributed by atoms with Crippen molar-refractivity contribution in [3.63, 3.8) is 0 Å². The average Bonchev–Trinajstić information content (AvgIpc) is 3.36. The molecule has 14 heteroatoms. The third-order valence-corrected chi connectivity index (χ3v) is 4.08. The van der Waals surface area contributed by atoms with Crippen LogP contribution in [0.15, 0.2) is 0 Å². The van der Waals surface area contributed by atoms with Gasteiger partial charge in [-0.15, -0.1) is 0 Å². The van der Waals surface area contributed by atoms with Crippen molar-refractivity contribution < 1.29 is 78.0 Å². The minimum absolute atomic E-state index is 0. The second kappa shape index (κ2) is 11.1. The van der Waals surface area contributed by atoms with Gasteiger partial charge in [-0.25, -0.2) is 9.59 Å². The van der Waals surface area contributed by atoms with E-state index in [0.29, 0.717) is 26.4 Å². The Kier molecular flexibility index (Phi) is 11.6. The van der Waals surface area contributed by atoms with Gasteiger partial charge in [0.05, 0.1) is 38.4 Å². The second-order valence-corrected chi connectivity index (χ2v) is 7.26. The average molecular weight is 496 g/mol. The molecule has 0 aliphatic carbocycles. The quantitative estimate of drug-likeness (QED) is 0.286. The van der Waals surface area contributed by atoms with E-state index >= 15 is 0 Å². The van der Waals surface area contributed by atoms with Crippen molar-refractivity contribution in [2.45, 2.75) is 50.1 Å². The number of rotatable bonds is 4. The molecular weight excluding hydrogens is 474 g/mol. The first-order valence-electron chi connectivity index (χ1n) is 8.06. The largest absolute Gasteiger partial charge is 2.00 e. The van der Waals surface area contributed by atoms with Crippen LogP contribution in [0.2, 0.25) is 0 Å². The van der Waals surface area contributed by atoms with Crippen LogP contribution in [0.5, 0.6) is 0 Å². The Morgan fingerprint density at radius 3 is 0.800 bits per heavy atom. The van der Waals surface area contributed by atoms with E-state index in [1.165, 1.54) is 13.8 Å². The van der Waals surface area contributed by atoms with Gasteiger partial charge in [-0.2, -0.15) is 0 Å². The van der Waals surface area contributed by atoms with Gasteiger partial charge >= 0.3 is 35.0 Å². The van der Waals surface area contributed by atoms with Crippen molar-refractivity contribution in [1.82, 2.24) is 0 Å². The molecule has 4 atom stereocenters. The maximum absolute atomic E-state index is 9.96. The third-order valence-electron chi connectivity index (χ3n) is 4.08. The molecule has 4 fully saturated rings. The van der Waals surface area contributed by atoms with Crippen LogP contribution >= 0.6 is 0 Å². The molecule has 4 unspecified atom stereocenters. The Morgan fingerprint density at radius 2 is 0.800 bits per heavy atom. The minimum atomic E-state index is -1.12. The standard InChI is InChI=1S/4C4H6O3.Mg.Zn/c4*1-4(2-7-4)3(5)6;;/h4*2H2,1H3,(H,5,6);;/q;;;;+2;/p-2. The summed E-state index contributed by atoms with van der Waals surface area (Å²) < 4.78 is 18.1. The van der Waals surface area contributed by atoms with Crippen molar-refractivity contribution in [3.8, 4) is 0 Å². The molecule has 4 aliphatic heterocycles. The number of carboxylic acid groups (broad SMARTS) is 4. The summed E-state index contributed by atoms with van der Waals surface area (Å²) in [5, 5.41) is 36.1. The first kappa shape index (κ1) is 31.3. The van der Waals surface area contributed by atoms with E-state index in [9.17, 15) is 29.4 Å². The number of aliphatic carboxylic acids is 4. The fourth-order valence-corrected chi connectivity index (χ4v) is 0.916. The van der Waals surface area contributed by atoms with Crippen molar-refractivity contribution in [3.05, 3.63) is 0 Å². The fourth-order valence-electron chi connectivity index (χ4n) is 0.916. The number of carboxylic acids is 4. The fraction of sp³-hybridized carbons (Fsp3) is 0.750. The minimum Gasteiger partial charge on any atom is -0.547 e. The molecule has 0 amide bonds. The molecule has 30 heavy (non-hydrogen) atoms. The smallest absolute Gasteiger partial charge is 0.547 e. The van der Waals surface area contributed by atoms with Crippen LogP contribution in [0.1, 0.15) is 27.7 Å². The van der Waals surface area contributed by atoms with Crippen LogP contribution in [-0.4, -0.2) is 106 Å². The molecule has 0 saturated carbocycles. The molecule has 4 saturated heterocycles. The third kappa shape index (κ3) is 9.94. The predicted molar refractivity (Wildman–Crippen MR) is 88.5 cm³/mol. The van der Waals surface area contributed by atoms with Crippen LogP contribution in [-0.2, 0) is 57.6 Å². The van der Waals surface area contributed by atoms with Crippen LogP contribution in [0, 0.1) is 0 Å². The van der Waals surface area contributed by atoms with Crippen LogP contribution in [0.3, 0.4) is 0 Å². The van der Waals surface area contributed by atoms with Gasteiger partial charge < -0.3 is 49.0 Å². The molecule has 0 aromatic heterocycles. The Morgan fingerprint density at radius 1 is 0.633 bits per heavy atom. The number of carbonyl (C=O) groups excluding carboxylic acids is 2. The van der Waals surface area contributed by atoms with Gasteiger partial charge in [-0.3, -0.25) is 0 Å². The summed E-state index contributed by atoms with van der Waals surface area (Å²) in [5.41, 5.74) is -3.56. The van der Waals surface area contributed by atoms with Gasteiger partial charge in [0.15, 0.2) is 11.2 Å². The Hall–Kier alpha value is -0.890. The van der Waals surface area contributed by atoms with E-state index in [1.54, 1.807) is 13.8 Å². The van der Waals surface area contributed by atoms with Crippen molar-refractivity contribution >= 4 is 46.9 Å². The SMILES string of the molecule is CC1(C(=O)O)CO1.CC1(C(=O)O)CO1.CC1(C(=O)[O-])CO1.CC1(C(=O)[O-])CO1.[Mg+2].[Zn]. The molecular formula is C16H22MgO12Zn. The molecule has 4 aliphatic rings. The van der Waals surface area contributed by atoms with Crippen LogP contribution in [0.25, 0.3) is 0 Å². The molecule has 0 bridgehead atoms. The van der Waals surface area contributed by atoms with Gasteiger partial charge in [0.1, 0.15) is 11.2 Å². The van der Waals surface area contributed by atoms with Gasteiger partial charge in [-0.05, 0) is 27.7 Å². The number of hydrogen-bond acceptors (Lipinski definition) is 10. The van der Waals surface area contributed by atoms with E-state index in [2.05, 4.69) is 18.9 Å². The summed E-state index contributed by atoms with van der Waals surface area (Å²) >= 11 is 0. The summed E-state index contributed by atoms with van der Waals surface area (Å²) in [4.78, 5) is 39.6. The summed E-state index contributed by atoms with van der Waals surface area (Å²) in [6, 6.07) is 0.